The van der Waals surface area contributed by atoms with E-state index >= 15 is 0 Å². The van der Waals surface area contributed by atoms with E-state index in [1.165, 1.54) is 12.8 Å². The van der Waals surface area contributed by atoms with E-state index in [9.17, 15) is 9.59 Å². The van der Waals surface area contributed by atoms with Crippen LogP contribution < -0.4 is 4.74 Å². The number of ether oxygens (including phenoxy) is 1. The van der Waals surface area contributed by atoms with Crippen molar-refractivity contribution in [3.05, 3.63) is 47.3 Å². The van der Waals surface area contributed by atoms with Gasteiger partial charge in [-0.25, -0.2) is 0 Å². The molecule has 1 aromatic carbocycles. The summed E-state index contributed by atoms with van der Waals surface area (Å²) < 4.78 is 5.26. The average Bonchev–Trinajstić information content (AvgIpc) is 3.53. The number of carbonyl (C=O) groups excluding carboxylic acids is 2. The zero-order valence-electron chi connectivity index (χ0n) is 17.3. The number of H-pyrrole nitrogens is 1. The third-order valence-corrected chi connectivity index (χ3v) is 6.77. The number of aromatic nitrogens is 2. The van der Waals surface area contributed by atoms with E-state index < -0.39 is 0 Å². The Kier molecular flexibility index (Phi) is 4.97. The highest BCUT2D eigenvalue weighted by Gasteiger charge is 2.40. The number of carbonyl (C=O) groups is 2. The van der Waals surface area contributed by atoms with Gasteiger partial charge in [-0.05, 0) is 62.3 Å². The maximum absolute atomic E-state index is 13.2. The van der Waals surface area contributed by atoms with Crippen LogP contribution in [0.2, 0.25) is 0 Å². The summed E-state index contributed by atoms with van der Waals surface area (Å²) in [5.41, 5.74) is 2.28. The summed E-state index contributed by atoms with van der Waals surface area (Å²) in [6.07, 6.45) is 5.19. The first-order chi connectivity index (χ1) is 14.6. The average molecular weight is 409 g/mol. The lowest BCUT2D eigenvalue weighted by molar-refractivity contribution is 0.0194. The SMILES string of the molecule is COc1cccc(C(=O)N2CC[C@H]3[C@@H](CCCN3C(=O)c3cc(C4CC4)[nH]n3)C2)c1. The summed E-state index contributed by atoms with van der Waals surface area (Å²) in [6, 6.07) is 9.44. The smallest absolute Gasteiger partial charge is 0.274 e. The van der Waals surface area contributed by atoms with Gasteiger partial charge in [-0.3, -0.25) is 14.7 Å². The Bertz CT molecular complexity index is 951. The fourth-order valence-corrected chi connectivity index (χ4v) is 4.98. The van der Waals surface area contributed by atoms with Crippen molar-refractivity contribution in [2.45, 2.75) is 44.1 Å². The number of amides is 2. The lowest BCUT2D eigenvalue weighted by atomic mass is 9.83. The molecule has 0 spiro atoms. The van der Waals surface area contributed by atoms with E-state index in [4.69, 9.17) is 4.74 Å². The molecule has 0 unspecified atom stereocenters. The largest absolute Gasteiger partial charge is 0.497 e. The van der Waals surface area contributed by atoms with Crippen molar-refractivity contribution in [1.82, 2.24) is 20.0 Å². The van der Waals surface area contributed by atoms with Gasteiger partial charge in [-0.2, -0.15) is 5.10 Å². The van der Waals surface area contributed by atoms with Gasteiger partial charge in [0.05, 0.1) is 7.11 Å². The molecule has 7 nitrogen and oxygen atoms in total. The summed E-state index contributed by atoms with van der Waals surface area (Å²) >= 11 is 0. The van der Waals surface area contributed by atoms with Crippen LogP contribution in [0.4, 0.5) is 0 Å². The standard InChI is InChI=1S/C23H28N4O3/c1-30-18-6-2-4-16(12-18)22(28)26-11-9-21-17(14-26)5-3-10-27(21)23(29)20-13-19(24-25-20)15-7-8-15/h2,4,6,12-13,15,17,21H,3,5,7-11,14H2,1H3,(H,24,25)/t17-,21-/m0/s1. The lowest BCUT2D eigenvalue weighted by Crippen LogP contribution is -2.56. The molecule has 7 heteroatoms. The summed E-state index contributed by atoms with van der Waals surface area (Å²) in [4.78, 5) is 30.1. The van der Waals surface area contributed by atoms with Gasteiger partial charge in [0.25, 0.3) is 11.8 Å². The normalized spacial score (nSPS) is 23.8. The summed E-state index contributed by atoms with van der Waals surface area (Å²) in [6.45, 7) is 2.13. The summed E-state index contributed by atoms with van der Waals surface area (Å²) in [5, 5.41) is 7.35. The van der Waals surface area contributed by atoms with Crippen LogP contribution in [0.3, 0.4) is 0 Å². The second kappa shape index (κ2) is 7.78. The van der Waals surface area contributed by atoms with Gasteiger partial charge in [-0.15, -0.1) is 0 Å². The van der Waals surface area contributed by atoms with E-state index in [0.717, 1.165) is 31.5 Å². The molecule has 158 valence electrons. The minimum atomic E-state index is 0.0282. The summed E-state index contributed by atoms with van der Waals surface area (Å²) in [7, 11) is 1.61. The molecule has 1 saturated carbocycles. The predicted molar refractivity (Wildman–Crippen MR) is 112 cm³/mol. The van der Waals surface area contributed by atoms with Gasteiger partial charge in [0, 0.05) is 42.9 Å². The molecule has 2 aromatic rings. The Morgan fingerprint density at radius 1 is 1.10 bits per heavy atom. The molecule has 3 fully saturated rings. The number of nitrogens with zero attached hydrogens (tertiary/aromatic N) is 3. The zero-order chi connectivity index (χ0) is 20.7. The Balaban J connectivity index is 1.28. The number of likely N-dealkylation sites (tertiary alicyclic amines) is 2. The van der Waals surface area contributed by atoms with Gasteiger partial charge in [-0.1, -0.05) is 6.07 Å². The number of piperidine rings is 2. The molecule has 5 rings (SSSR count). The van der Waals surface area contributed by atoms with Crippen molar-refractivity contribution in [2.75, 3.05) is 26.7 Å². The minimum absolute atomic E-state index is 0.0282. The Hall–Kier alpha value is -2.83. The topological polar surface area (TPSA) is 78.5 Å². The van der Waals surface area contributed by atoms with Crippen LogP contribution >= 0.6 is 0 Å². The van der Waals surface area contributed by atoms with Gasteiger partial charge in [0.1, 0.15) is 11.4 Å². The van der Waals surface area contributed by atoms with Gasteiger partial charge in [0.2, 0.25) is 0 Å². The van der Waals surface area contributed by atoms with E-state index in [0.29, 0.717) is 41.9 Å². The van der Waals surface area contributed by atoms with Crippen LogP contribution in [0, 0.1) is 5.92 Å². The van der Waals surface area contributed by atoms with Crippen molar-refractivity contribution < 1.29 is 14.3 Å². The molecule has 3 aliphatic rings. The van der Waals surface area contributed by atoms with E-state index in [1.54, 1.807) is 13.2 Å². The third kappa shape index (κ3) is 3.57. The molecule has 1 aromatic heterocycles. The fraction of sp³-hybridized carbons (Fsp3) is 0.522. The van der Waals surface area contributed by atoms with Gasteiger partial charge in [0.15, 0.2) is 0 Å². The number of benzene rings is 1. The van der Waals surface area contributed by atoms with Crippen molar-refractivity contribution >= 4 is 11.8 Å². The molecule has 2 saturated heterocycles. The Morgan fingerprint density at radius 2 is 1.97 bits per heavy atom. The van der Waals surface area contributed by atoms with Crippen molar-refractivity contribution in [1.29, 1.82) is 0 Å². The first kappa shape index (κ1) is 19.2. The maximum atomic E-state index is 13.2. The predicted octanol–water partition coefficient (Wildman–Crippen LogP) is 3.06. The van der Waals surface area contributed by atoms with Crippen molar-refractivity contribution in [3.8, 4) is 5.75 Å². The molecule has 2 amide bonds. The van der Waals surface area contributed by atoms with Crippen molar-refractivity contribution in [2.24, 2.45) is 5.92 Å². The number of aromatic amines is 1. The molecule has 2 atom stereocenters. The highest BCUT2D eigenvalue weighted by molar-refractivity contribution is 5.95. The number of nitrogens with one attached hydrogen (secondary N) is 1. The summed E-state index contributed by atoms with van der Waals surface area (Å²) in [5.74, 6) is 1.62. The zero-order valence-corrected chi connectivity index (χ0v) is 17.3. The van der Waals surface area contributed by atoms with E-state index in [-0.39, 0.29) is 17.9 Å². The molecule has 0 radical (unpaired) electrons. The second-order valence-electron chi connectivity index (χ2n) is 8.72. The van der Waals surface area contributed by atoms with Gasteiger partial charge < -0.3 is 14.5 Å². The molecule has 30 heavy (non-hydrogen) atoms. The number of rotatable bonds is 4. The lowest BCUT2D eigenvalue weighted by Gasteiger charge is -2.47. The third-order valence-electron chi connectivity index (χ3n) is 6.77. The highest BCUT2D eigenvalue weighted by Crippen LogP contribution is 2.39. The minimum Gasteiger partial charge on any atom is -0.497 e. The van der Waals surface area contributed by atoms with Crippen LogP contribution in [0.15, 0.2) is 30.3 Å². The second-order valence-corrected chi connectivity index (χ2v) is 8.72. The Labute approximate surface area is 176 Å². The molecular formula is C23H28N4O3. The van der Waals surface area contributed by atoms with E-state index in [1.807, 2.05) is 34.1 Å². The molecule has 1 aliphatic carbocycles. The van der Waals surface area contributed by atoms with Crippen LogP contribution in [-0.4, -0.2) is 64.6 Å². The first-order valence-electron chi connectivity index (χ1n) is 10.9. The first-order valence-corrected chi connectivity index (χ1v) is 10.9. The monoisotopic (exact) mass is 408 g/mol. The van der Waals surface area contributed by atoms with Crippen LogP contribution in [-0.2, 0) is 0 Å². The number of fused-ring (bicyclic) bond motifs is 1. The molecule has 3 heterocycles. The number of hydrogen-bond donors (Lipinski definition) is 1. The van der Waals surface area contributed by atoms with Gasteiger partial charge >= 0.3 is 0 Å². The van der Waals surface area contributed by atoms with Crippen LogP contribution in [0.1, 0.15) is 64.6 Å². The maximum Gasteiger partial charge on any atom is 0.274 e. The Morgan fingerprint density at radius 3 is 2.77 bits per heavy atom. The molecule has 1 N–H and O–H groups in total. The highest BCUT2D eigenvalue weighted by atomic mass is 16.5. The number of hydrogen-bond acceptors (Lipinski definition) is 4. The molecular weight excluding hydrogens is 380 g/mol. The van der Waals surface area contributed by atoms with Crippen LogP contribution in [0.25, 0.3) is 0 Å². The van der Waals surface area contributed by atoms with E-state index in [2.05, 4.69) is 10.2 Å². The van der Waals surface area contributed by atoms with Crippen LogP contribution in [0.5, 0.6) is 5.75 Å². The quantitative estimate of drug-likeness (QED) is 0.843. The molecule has 0 bridgehead atoms. The van der Waals surface area contributed by atoms with Crippen molar-refractivity contribution in [3.63, 3.8) is 0 Å². The number of methoxy groups -OCH3 is 1. The molecule has 2 aliphatic heterocycles. The fourth-order valence-electron chi connectivity index (χ4n) is 4.98.